The summed E-state index contributed by atoms with van der Waals surface area (Å²) >= 11 is 0. The lowest BCUT2D eigenvalue weighted by molar-refractivity contribution is 0.00256. The molecule has 4 rings (SSSR count). The molecule has 4 heterocycles. The van der Waals surface area contributed by atoms with E-state index in [1.54, 1.807) is 4.52 Å². The monoisotopic (exact) mass is 316 g/mol. The normalized spacial score (nSPS) is 27.4. The molecule has 4 N–H and O–H groups in total. The van der Waals surface area contributed by atoms with E-state index in [0.29, 0.717) is 5.82 Å². The SMILES string of the molecule is C[C@H]1C[C@@H](CO)O[C@H]1c1cc(C2=NCCN2)c2c(N)ncnn12. The van der Waals surface area contributed by atoms with Crippen LogP contribution in [0.25, 0.3) is 5.52 Å². The van der Waals surface area contributed by atoms with Crippen molar-refractivity contribution >= 4 is 17.2 Å². The number of nitrogens with one attached hydrogen (secondary N) is 1. The number of rotatable bonds is 3. The summed E-state index contributed by atoms with van der Waals surface area (Å²) in [5.74, 6) is 1.52. The van der Waals surface area contributed by atoms with Crippen molar-refractivity contribution in [2.24, 2.45) is 10.9 Å². The topological polar surface area (TPSA) is 110 Å². The largest absolute Gasteiger partial charge is 0.394 e. The van der Waals surface area contributed by atoms with Gasteiger partial charge in [-0.15, -0.1) is 0 Å². The van der Waals surface area contributed by atoms with Gasteiger partial charge in [-0.3, -0.25) is 4.99 Å². The summed E-state index contributed by atoms with van der Waals surface area (Å²) in [6.45, 7) is 3.72. The molecule has 2 aromatic heterocycles. The highest BCUT2D eigenvalue weighted by Gasteiger charge is 2.36. The molecule has 23 heavy (non-hydrogen) atoms. The van der Waals surface area contributed by atoms with Gasteiger partial charge in [0.05, 0.1) is 24.9 Å². The van der Waals surface area contributed by atoms with Gasteiger partial charge in [0.1, 0.15) is 23.8 Å². The lowest BCUT2D eigenvalue weighted by Gasteiger charge is -2.14. The summed E-state index contributed by atoms with van der Waals surface area (Å²) in [4.78, 5) is 8.60. The van der Waals surface area contributed by atoms with E-state index in [-0.39, 0.29) is 24.7 Å². The molecule has 0 aromatic carbocycles. The maximum Gasteiger partial charge on any atom is 0.152 e. The van der Waals surface area contributed by atoms with Crippen LogP contribution in [0.5, 0.6) is 0 Å². The van der Waals surface area contributed by atoms with Gasteiger partial charge in [-0.25, -0.2) is 9.50 Å². The average Bonchev–Trinajstić information content (AvgIpc) is 3.25. The molecule has 3 atom stereocenters. The molecule has 0 aliphatic carbocycles. The van der Waals surface area contributed by atoms with Gasteiger partial charge >= 0.3 is 0 Å². The zero-order valence-corrected chi connectivity index (χ0v) is 12.9. The number of aliphatic hydroxyl groups is 1. The van der Waals surface area contributed by atoms with Gasteiger partial charge in [-0.2, -0.15) is 5.10 Å². The zero-order valence-electron chi connectivity index (χ0n) is 12.9. The van der Waals surface area contributed by atoms with Crippen molar-refractivity contribution in [2.75, 3.05) is 25.4 Å². The van der Waals surface area contributed by atoms with Crippen molar-refractivity contribution in [1.82, 2.24) is 19.9 Å². The molecule has 1 saturated heterocycles. The first-order valence-electron chi connectivity index (χ1n) is 7.86. The summed E-state index contributed by atoms with van der Waals surface area (Å²) < 4.78 is 7.79. The van der Waals surface area contributed by atoms with Gasteiger partial charge in [0.15, 0.2) is 5.82 Å². The van der Waals surface area contributed by atoms with E-state index in [4.69, 9.17) is 10.5 Å². The molecule has 0 radical (unpaired) electrons. The second-order valence-electron chi connectivity index (χ2n) is 6.12. The van der Waals surface area contributed by atoms with Crippen LogP contribution in [0.1, 0.15) is 30.7 Å². The number of fused-ring (bicyclic) bond motifs is 1. The van der Waals surface area contributed by atoms with Crippen LogP contribution in [0.4, 0.5) is 5.82 Å². The van der Waals surface area contributed by atoms with Crippen LogP contribution in [-0.4, -0.2) is 51.3 Å². The number of ether oxygens (including phenoxy) is 1. The molecule has 2 aliphatic heterocycles. The third-order valence-corrected chi connectivity index (χ3v) is 4.53. The van der Waals surface area contributed by atoms with Crippen molar-refractivity contribution in [3.8, 4) is 0 Å². The highest BCUT2D eigenvalue weighted by Crippen LogP contribution is 2.39. The quantitative estimate of drug-likeness (QED) is 0.742. The number of anilines is 1. The first-order chi connectivity index (χ1) is 11.2. The molecule has 0 unspecified atom stereocenters. The van der Waals surface area contributed by atoms with Crippen molar-refractivity contribution in [3.63, 3.8) is 0 Å². The van der Waals surface area contributed by atoms with Crippen LogP contribution < -0.4 is 11.1 Å². The van der Waals surface area contributed by atoms with Crippen LogP contribution in [0, 0.1) is 5.92 Å². The van der Waals surface area contributed by atoms with Gasteiger partial charge in [0, 0.05) is 12.1 Å². The summed E-state index contributed by atoms with van der Waals surface area (Å²) in [6.07, 6.45) is 2.00. The van der Waals surface area contributed by atoms with E-state index >= 15 is 0 Å². The zero-order chi connectivity index (χ0) is 16.0. The van der Waals surface area contributed by atoms with Crippen LogP contribution in [-0.2, 0) is 4.74 Å². The van der Waals surface area contributed by atoms with Crippen LogP contribution in [0.15, 0.2) is 17.4 Å². The van der Waals surface area contributed by atoms with E-state index in [9.17, 15) is 5.11 Å². The Morgan fingerprint density at radius 1 is 1.52 bits per heavy atom. The number of hydrogen-bond donors (Lipinski definition) is 3. The number of hydrogen-bond acceptors (Lipinski definition) is 7. The first kappa shape index (κ1) is 14.4. The average molecular weight is 316 g/mol. The van der Waals surface area contributed by atoms with E-state index in [1.165, 1.54) is 6.33 Å². The minimum Gasteiger partial charge on any atom is -0.394 e. The van der Waals surface area contributed by atoms with Crippen LogP contribution >= 0.6 is 0 Å². The summed E-state index contributed by atoms with van der Waals surface area (Å²) in [5, 5.41) is 17.0. The Morgan fingerprint density at radius 3 is 3.09 bits per heavy atom. The molecule has 2 aromatic rings. The number of aromatic nitrogens is 3. The second kappa shape index (κ2) is 5.47. The Balaban J connectivity index is 1.86. The van der Waals surface area contributed by atoms with E-state index in [1.807, 2.05) is 6.07 Å². The molecule has 8 nitrogen and oxygen atoms in total. The second-order valence-corrected chi connectivity index (χ2v) is 6.12. The van der Waals surface area contributed by atoms with Crippen LogP contribution in [0.3, 0.4) is 0 Å². The molecule has 0 saturated carbocycles. The van der Waals surface area contributed by atoms with Gasteiger partial charge in [-0.1, -0.05) is 6.92 Å². The number of aliphatic imine (C=N–C) groups is 1. The predicted octanol–water partition coefficient (Wildman–Crippen LogP) is 0.120. The lowest BCUT2D eigenvalue weighted by Crippen LogP contribution is -2.19. The first-order valence-corrected chi connectivity index (χ1v) is 7.86. The number of aliphatic hydroxyl groups excluding tert-OH is 1. The van der Waals surface area contributed by atoms with Gasteiger partial charge in [-0.05, 0) is 18.4 Å². The van der Waals surface area contributed by atoms with Crippen LogP contribution in [0.2, 0.25) is 0 Å². The highest BCUT2D eigenvalue weighted by molar-refractivity contribution is 6.07. The number of nitrogens with zero attached hydrogens (tertiary/aromatic N) is 4. The maximum atomic E-state index is 9.38. The Hall–Kier alpha value is -2.19. The Bertz CT molecular complexity index is 771. The maximum absolute atomic E-state index is 9.38. The summed E-state index contributed by atoms with van der Waals surface area (Å²) in [7, 11) is 0. The van der Waals surface area contributed by atoms with Crippen molar-refractivity contribution in [1.29, 1.82) is 0 Å². The predicted molar refractivity (Wildman–Crippen MR) is 85.3 cm³/mol. The Kier molecular flexibility index (Phi) is 3.42. The summed E-state index contributed by atoms with van der Waals surface area (Å²) in [6, 6.07) is 2.03. The Morgan fingerprint density at radius 2 is 2.39 bits per heavy atom. The molecular formula is C15H20N6O2. The molecule has 2 aliphatic rings. The smallest absolute Gasteiger partial charge is 0.152 e. The fraction of sp³-hybridized carbons (Fsp3) is 0.533. The standard InChI is InChI=1S/C15H20N6O2/c1-8-4-9(6-22)23-13(8)11-5-10(15-17-2-3-18-15)12-14(16)19-7-20-21(11)12/h5,7-9,13,22H,2-4,6H2,1H3,(H,17,18)(H2,16,19,20)/t8-,9-,13+/m0/s1. The molecule has 0 bridgehead atoms. The molecule has 0 amide bonds. The number of nitrogens with two attached hydrogens (primary N) is 1. The minimum atomic E-state index is -0.135. The third-order valence-electron chi connectivity index (χ3n) is 4.53. The summed E-state index contributed by atoms with van der Waals surface area (Å²) in [5.41, 5.74) is 8.66. The fourth-order valence-electron chi connectivity index (χ4n) is 3.47. The number of amidine groups is 1. The van der Waals surface area contributed by atoms with E-state index in [0.717, 1.165) is 42.1 Å². The van der Waals surface area contributed by atoms with E-state index in [2.05, 4.69) is 27.3 Å². The molecular weight excluding hydrogens is 296 g/mol. The molecule has 1 fully saturated rings. The van der Waals surface area contributed by atoms with Crippen molar-refractivity contribution in [2.45, 2.75) is 25.6 Å². The molecule has 122 valence electrons. The number of nitrogen functional groups attached to an aromatic ring is 1. The molecule has 0 spiro atoms. The lowest BCUT2D eigenvalue weighted by atomic mass is 9.99. The van der Waals surface area contributed by atoms with Gasteiger partial charge < -0.3 is 20.9 Å². The van der Waals surface area contributed by atoms with Crippen molar-refractivity contribution < 1.29 is 9.84 Å². The van der Waals surface area contributed by atoms with Crippen molar-refractivity contribution in [3.05, 3.63) is 23.7 Å². The van der Waals surface area contributed by atoms with Gasteiger partial charge in [0.2, 0.25) is 0 Å². The highest BCUT2D eigenvalue weighted by atomic mass is 16.5. The van der Waals surface area contributed by atoms with E-state index < -0.39 is 0 Å². The third kappa shape index (κ3) is 2.25. The minimum absolute atomic E-state index is 0.0302. The Labute approximate surface area is 133 Å². The van der Waals surface area contributed by atoms with Gasteiger partial charge in [0.25, 0.3) is 0 Å². The fourth-order valence-corrected chi connectivity index (χ4v) is 3.47. The molecule has 8 heteroatoms.